The van der Waals surface area contributed by atoms with Crippen molar-refractivity contribution >= 4 is 17.7 Å². The monoisotopic (exact) mass is 492 g/mol. The summed E-state index contributed by atoms with van der Waals surface area (Å²) in [6.07, 6.45) is 7.52. The van der Waals surface area contributed by atoms with Crippen molar-refractivity contribution in [2.75, 3.05) is 13.6 Å². The second-order valence-electron chi connectivity index (χ2n) is 10.2. The van der Waals surface area contributed by atoms with E-state index >= 15 is 0 Å². The third-order valence-electron chi connectivity index (χ3n) is 7.75. The third-order valence-corrected chi connectivity index (χ3v) is 7.75. The fourth-order valence-corrected chi connectivity index (χ4v) is 5.69. The number of hydrazine groups is 1. The molecular weight excluding hydrogens is 459 g/mol. The summed E-state index contributed by atoms with van der Waals surface area (Å²) < 4.78 is 13.2. The van der Waals surface area contributed by atoms with Crippen LogP contribution in [0.3, 0.4) is 0 Å². The summed E-state index contributed by atoms with van der Waals surface area (Å²) in [7, 11) is 1.76. The summed E-state index contributed by atoms with van der Waals surface area (Å²) >= 11 is 0. The normalized spacial score (nSPS) is 22.2. The van der Waals surface area contributed by atoms with Gasteiger partial charge in [-0.25, -0.2) is 4.39 Å². The Kier molecular flexibility index (Phi) is 7.16. The number of halogens is 1. The number of benzene rings is 2. The van der Waals surface area contributed by atoms with Crippen LogP contribution < -0.4 is 10.9 Å². The summed E-state index contributed by atoms with van der Waals surface area (Å²) in [5, 5.41) is 0. The van der Waals surface area contributed by atoms with Gasteiger partial charge in [-0.1, -0.05) is 31.4 Å². The van der Waals surface area contributed by atoms with Crippen molar-refractivity contribution in [2.45, 2.75) is 69.5 Å². The Morgan fingerprint density at radius 3 is 2.47 bits per heavy atom. The summed E-state index contributed by atoms with van der Waals surface area (Å²) in [4.78, 5) is 42.1. The molecule has 3 amide bonds. The van der Waals surface area contributed by atoms with Crippen molar-refractivity contribution in [3.63, 3.8) is 0 Å². The standard InChI is InChI=1S/C28H33FN4O3/c1-32(15-5-6-21-17-25(31-30-21)18-9-12-20(29)13-10-18)26(34)19-11-14-23-24(16-19)28(36)33(27(23)35)22-7-3-2-4-8-22/h9-14,16,21-22,25,30-31H,2-8,15,17H2,1H3. The molecular formula is C28H33FN4O3. The smallest absolute Gasteiger partial charge is 0.261 e. The highest BCUT2D eigenvalue weighted by molar-refractivity contribution is 6.22. The van der Waals surface area contributed by atoms with Gasteiger partial charge in [0.25, 0.3) is 17.7 Å². The molecule has 3 aliphatic rings. The maximum atomic E-state index is 13.2. The lowest BCUT2D eigenvalue weighted by molar-refractivity contribution is 0.0548. The van der Waals surface area contributed by atoms with Crippen LogP contribution in [0.15, 0.2) is 42.5 Å². The number of imide groups is 1. The topological polar surface area (TPSA) is 81.8 Å². The predicted molar refractivity (Wildman–Crippen MR) is 134 cm³/mol. The van der Waals surface area contributed by atoms with Gasteiger partial charge in [0, 0.05) is 37.3 Å². The Morgan fingerprint density at radius 2 is 1.72 bits per heavy atom. The number of fused-ring (bicyclic) bond motifs is 1. The van der Waals surface area contributed by atoms with E-state index < -0.39 is 0 Å². The van der Waals surface area contributed by atoms with Crippen LogP contribution in [0.5, 0.6) is 0 Å². The molecule has 0 radical (unpaired) electrons. The van der Waals surface area contributed by atoms with E-state index in [9.17, 15) is 18.8 Å². The maximum absolute atomic E-state index is 13.2. The van der Waals surface area contributed by atoms with Crippen molar-refractivity contribution in [3.8, 4) is 0 Å². The molecule has 2 N–H and O–H groups in total. The van der Waals surface area contributed by atoms with E-state index in [4.69, 9.17) is 0 Å². The molecule has 2 unspecified atom stereocenters. The molecule has 8 heteroatoms. The molecule has 1 saturated heterocycles. The number of carbonyl (C=O) groups is 3. The molecule has 5 rings (SSSR count). The molecule has 2 aromatic rings. The van der Waals surface area contributed by atoms with Crippen LogP contribution >= 0.6 is 0 Å². The third kappa shape index (κ3) is 4.92. The van der Waals surface area contributed by atoms with Gasteiger partial charge in [0.15, 0.2) is 0 Å². The van der Waals surface area contributed by atoms with Gasteiger partial charge in [0.1, 0.15) is 5.82 Å². The average molecular weight is 493 g/mol. The Labute approximate surface area is 211 Å². The fraction of sp³-hybridized carbons (Fsp3) is 0.464. The average Bonchev–Trinajstić information content (AvgIpc) is 3.46. The lowest BCUT2D eigenvalue weighted by atomic mass is 9.94. The minimum Gasteiger partial charge on any atom is -0.342 e. The van der Waals surface area contributed by atoms with Gasteiger partial charge in [0.2, 0.25) is 0 Å². The molecule has 7 nitrogen and oxygen atoms in total. The Hall–Kier alpha value is -3.10. The Balaban J connectivity index is 1.14. The van der Waals surface area contributed by atoms with E-state index in [2.05, 4.69) is 10.9 Å². The number of carbonyl (C=O) groups excluding carboxylic acids is 3. The van der Waals surface area contributed by atoms with Gasteiger partial charge >= 0.3 is 0 Å². The molecule has 2 fully saturated rings. The van der Waals surface area contributed by atoms with E-state index in [0.717, 1.165) is 56.9 Å². The van der Waals surface area contributed by atoms with E-state index in [0.29, 0.717) is 23.2 Å². The zero-order valence-electron chi connectivity index (χ0n) is 20.6. The van der Waals surface area contributed by atoms with Crippen LogP contribution in [0.2, 0.25) is 0 Å². The maximum Gasteiger partial charge on any atom is 0.261 e. The zero-order valence-corrected chi connectivity index (χ0v) is 20.6. The highest BCUT2D eigenvalue weighted by atomic mass is 19.1. The zero-order chi connectivity index (χ0) is 25.2. The molecule has 36 heavy (non-hydrogen) atoms. The number of nitrogens with zero attached hydrogens (tertiary/aromatic N) is 2. The minimum atomic E-state index is -0.269. The van der Waals surface area contributed by atoms with Gasteiger partial charge in [0.05, 0.1) is 11.1 Å². The lowest BCUT2D eigenvalue weighted by Crippen LogP contribution is -2.40. The van der Waals surface area contributed by atoms with Crippen molar-refractivity contribution < 1.29 is 18.8 Å². The molecule has 1 saturated carbocycles. The molecule has 1 aliphatic carbocycles. The quantitative estimate of drug-likeness (QED) is 0.566. The van der Waals surface area contributed by atoms with E-state index in [-0.39, 0.29) is 41.7 Å². The second-order valence-corrected chi connectivity index (χ2v) is 10.2. The van der Waals surface area contributed by atoms with E-state index in [1.54, 1.807) is 42.3 Å². The molecule has 190 valence electrons. The molecule has 0 bridgehead atoms. The molecule has 2 aliphatic heterocycles. The fourth-order valence-electron chi connectivity index (χ4n) is 5.69. The van der Waals surface area contributed by atoms with E-state index in [1.807, 2.05) is 0 Å². The minimum absolute atomic E-state index is 0.0330. The molecule has 2 atom stereocenters. The van der Waals surface area contributed by atoms with Crippen molar-refractivity contribution in [2.24, 2.45) is 0 Å². The van der Waals surface area contributed by atoms with Gasteiger partial charge in [-0.05, 0) is 68.0 Å². The van der Waals surface area contributed by atoms with Crippen LogP contribution in [0.1, 0.15) is 94.0 Å². The Morgan fingerprint density at radius 1 is 1.00 bits per heavy atom. The highest BCUT2D eigenvalue weighted by Gasteiger charge is 2.40. The largest absolute Gasteiger partial charge is 0.342 e. The first-order valence-corrected chi connectivity index (χ1v) is 13.0. The summed E-state index contributed by atoms with van der Waals surface area (Å²) in [6.45, 7) is 0.580. The first-order chi connectivity index (χ1) is 17.4. The molecule has 0 aromatic heterocycles. The Bertz CT molecular complexity index is 1150. The second kappa shape index (κ2) is 10.5. The molecule has 2 aromatic carbocycles. The summed E-state index contributed by atoms with van der Waals surface area (Å²) in [5.41, 5.74) is 8.80. The summed E-state index contributed by atoms with van der Waals surface area (Å²) in [6, 6.07) is 11.8. The summed E-state index contributed by atoms with van der Waals surface area (Å²) in [5.74, 6) is -0.897. The van der Waals surface area contributed by atoms with Crippen LogP contribution in [0.25, 0.3) is 0 Å². The van der Waals surface area contributed by atoms with Crippen LogP contribution in [0, 0.1) is 5.82 Å². The van der Waals surface area contributed by atoms with E-state index in [1.165, 1.54) is 17.0 Å². The highest BCUT2D eigenvalue weighted by Crippen LogP contribution is 2.32. The number of hydrogen-bond acceptors (Lipinski definition) is 5. The van der Waals surface area contributed by atoms with Crippen molar-refractivity contribution in [1.82, 2.24) is 20.7 Å². The molecule has 2 heterocycles. The number of rotatable bonds is 7. The molecule has 0 spiro atoms. The number of hydrogen-bond donors (Lipinski definition) is 2. The van der Waals surface area contributed by atoms with Gasteiger partial charge in [-0.15, -0.1) is 0 Å². The predicted octanol–water partition coefficient (Wildman–Crippen LogP) is 4.21. The van der Waals surface area contributed by atoms with Crippen LogP contribution in [-0.4, -0.2) is 53.2 Å². The van der Waals surface area contributed by atoms with Crippen LogP contribution in [0.4, 0.5) is 4.39 Å². The van der Waals surface area contributed by atoms with Crippen molar-refractivity contribution in [3.05, 3.63) is 70.5 Å². The van der Waals surface area contributed by atoms with Crippen LogP contribution in [-0.2, 0) is 0 Å². The first-order valence-electron chi connectivity index (χ1n) is 13.0. The van der Waals surface area contributed by atoms with Crippen molar-refractivity contribution in [1.29, 1.82) is 0 Å². The SMILES string of the molecule is CN(CCCC1CC(c2ccc(F)cc2)NN1)C(=O)c1ccc2c(c1)C(=O)N(C1CCCCC1)C2=O. The van der Waals surface area contributed by atoms with Gasteiger partial charge in [-0.3, -0.25) is 30.1 Å². The lowest BCUT2D eigenvalue weighted by Gasteiger charge is -2.29. The first kappa shape index (κ1) is 24.6. The van der Waals surface area contributed by atoms with Gasteiger partial charge < -0.3 is 4.90 Å². The van der Waals surface area contributed by atoms with Gasteiger partial charge in [-0.2, -0.15) is 0 Å². The number of amides is 3. The number of nitrogens with one attached hydrogen (secondary N) is 2.